The Morgan fingerprint density at radius 3 is 2.54 bits per heavy atom. The van der Waals surface area contributed by atoms with Crippen molar-refractivity contribution in [3.63, 3.8) is 0 Å². The Morgan fingerprint density at radius 1 is 1.38 bits per heavy atom. The number of nitriles is 1. The third-order valence-corrected chi connectivity index (χ3v) is 1.73. The molecule has 0 aromatic heterocycles. The van der Waals surface area contributed by atoms with Gasteiger partial charge in [-0.15, -0.1) is 0 Å². The lowest BCUT2D eigenvalue weighted by atomic mass is 10.2. The number of hydrogen-bond acceptors (Lipinski definition) is 3. The first-order valence-electron chi connectivity index (χ1n) is 4.06. The van der Waals surface area contributed by atoms with Gasteiger partial charge in [-0.1, -0.05) is 12.1 Å². The molecule has 1 rings (SSSR count). The Kier molecular flexibility index (Phi) is 3.30. The van der Waals surface area contributed by atoms with Gasteiger partial charge in [0.05, 0.1) is 12.6 Å². The van der Waals surface area contributed by atoms with Gasteiger partial charge in [-0.25, -0.2) is 0 Å². The van der Waals surface area contributed by atoms with E-state index in [0.29, 0.717) is 6.54 Å². The molecule has 0 saturated heterocycles. The van der Waals surface area contributed by atoms with Crippen molar-refractivity contribution in [3.05, 3.63) is 29.8 Å². The fourth-order valence-electron chi connectivity index (χ4n) is 1.09. The van der Waals surface area contributed by atoms with Crippen LogP contribution in [0.3, 0.4) is 0 Å². The van der Waals surface area contributed by atoms with E-state index in [1.54, 1.807) is 12.1 Å². The van der Waals surface area contributed by atoms with Crippen molar-refractivity contribution in [2.45, 2.75) is 6.54 Å². The van der Waals surface area contributed by atoms with Gasteiger partial charge in [0.15, 0.2) is 0 Å². The molecule has 1 N–H and O–H groups in total. The smallest absolute Gasteiger partial charge is 0.115 e. The van der Waals surface area contributed by atoms with Gasteiger partial charge in [0.2, 0.25) is 0 Å². The molecule has 0 amide bonds. The number of aromatic hydroxyl groups is 1. The molecule has 0 unspecified atom stereocenters. The number of benzene rings is 1. The molecule has 0 fully saturated rings. The van der Waals surface area contributed by atoms with Crippen molar-refractivity contribution in [2.75, 3.05) is 13.6 Å². The minimum absolute atomic E-state index is 0.270. The van der Waals surface area contributed by atoms with Crippen LogP contribution < -0.4 is 0 Å². The molecule has 0 aliphatic heterocycles. The fraction of sp³-hybridized carbons (Fsp3) is 0.300. The summed E-state index contributed by atoms with van der Waals surface area (Å²) in [7, 11) is 1.88. The topological polar surface area (TPSA) is 47.3 Å². The number of rotatable bonds is 3. The molecule has 0 atom stereocenters. The van der Waals surface area contributed by atoms with Gasteiger partial charge >= 0.3 is 0 Å². The van der Waals surface area contributed by atoms with E-state index in [1.165, 1.54) is 0 Å². The molecule has 13 heavy (non-hydrogen) atoms. The van der Waals surface area contributed by atoms with E-state index in [-0.39, 0.29) is 5.75 Å². The summed E-state index contributed by atoms with van der Waals surface area (Å²) in [5.41, 5.74) is 1.09. The summed E-state index contributed by atoms with van der Waals surface area (Å²) < 4.78 is 0. The Labute approximate surface area is 77.8 Å². The van der Waals surface area contributed by atoms with Crippen molar-refractivity contribution in [1.82, 2.24) is 4.90 Å². The third-order valence-electron chi connectivity index (χ3n) is 1.73. The van der Waals surface area contributed by atoms with E-state index in [0.717, 1.165) is 12.1 Å². The summed E-state index contributed by atoms with van der Waals surface area (Å²) in [6.45, 7) is 1.15. The molecule has 0 spiro atoms. The van der Waals surface area contributed by atoms with Gasteiger partial charge in [-0.3, -0.25) is 4.90 Å². The Balaban J connectivity index is 2.55. The summed E-state index contributed by atoms with van der Waals surface area (Å²) in [5.74, 6) is 0.270. The molecular weight excluding hydrogens is 164 g/mol. The zero-order chi connectivity index (χ0) is 9.68. The van der Waals surface area contributed by atoms with Gasteiger partial charge in [0.25, 0.3) is 0 Å². The lowest BCUT2D eigenvalue weighted by Gasteiger charge is -2.11. The molecule has 68 valence electrons. The van der Waals surface area contributed by atoms with Crippen molar-refractivity contribution in [3.8, 4) is 11.8 Å². The van der Waals surface area contributed by atoms with Crippen LogP contribution >= 0.6 is 0 Å². The lowest BCUT2D eigenvalue weighted by Crippen LogP contribution is -2.17. The average molecular weight is 176 g/mol. The number of hydrogen-bond donors (Lipinski definition) is 1. The summed E-state index contributed by atoms with van der Waals surface area (Å²) in [6, 6.07) is 9.07. The van der Waals surface area contributed by atoms with Gasteiger partial charge in [0, 0.05) is 6.54 Å². The van der Waals surface area contributed by atoms with E-state index in [1.807, 2.05) is 24.1 Å². The Hall–Kier alpha value is -1.53. The zero-order valence-corrected chi connectivity index (χ0v) is 7.57. The normalized spacial score (nSPS) is 9.92. The standard InChI is InChI=1S/C10H12N2O/c1-12(7-6-11)8-9-2-4-10(13)5-3-9/h2-5,13H,7-8H2,1H3. The van der Waals surface area contributed by atoms with E-state index >= 15 is 0 Å². The molecule has 1 aromatic rings. The monoisotopic (exact) mass is 176 g/mol. The van der Waals surface area contributed by atoms with E-state index < -0.39 is 0 Å². The maximum Gasteiger partial charge on any atom is 0.115 e. The highest BCUT2D eigenvalue weighted by molar-refractivity contribution is 5.25. The minimum Gasteiger partial charge on any atom is -0.508 e. The van der Waals surface area contributed by atoms with Gasteiger partial charge in [-0.2, -0.15) is 5.26 Å². The second-order valence-corrected chi connectivity index (χ2v) is 3.00. The molecule has 0 saturated carbocycles. The first-order valence-corrected chi connectivity index (χ1v) is 4.06. The lowest BCUT2D eigenvalue weighted by molar-refractivity contribution is 0.367. The molecule has 3 heteroatoms. The van der Waals surface area contributed by atoms with Crippen LogP contribution in [0, 0.1) is 11.3 Å². The predicted octanol–water partition coefficient (Wildman–Crippen LogP) is 1.35. The number of phenolic OH excluding ortho intramolecular Hbond substituents is 1. The SMILES string of the molecule is CN(CC#N)Cc1ccc(O)cc1. The molecule has 0 heterocycles. The average Bonchev–Trinajstić information content (AvgIpc) is 2.09. The van der Waals surface area contributed by atoms with Crippen LogP contribution in [0.15, 0.2) is 24.3 Å². The van der Waals surface area contributed by atoms with Crippen LogP contribution in [0.4, 0.5) is 0 Å². The second-order valence-electron chi connectivity index (χ2n) is 3.00. The maximum absolute atomic E-state index is 9.03. The predicted molar refractivity (Wildman–Crippen MR) is 50.1 cm³/mol. The molecule has 0 aliphatic rings. The van der Waals surface area contributed by atoms with Crippen molar-refractivity contribution < 1.29 is 5.11 Å². The molecule has 3 nitrogen and oxygen atoms in total. The Morgan fingerprint density at radius 2 is 2.00 bits per heavy atom. The van der Waals surface area contributed by atoms with Crippen LogP contribution in [-0.4, -0.2) is 23.6 Å². The highest BCUT2D eigenvalue weighted by atomic mass is 16.3. The summed E-state index contributed by atoms with van der Waals surface area (Å²) >= 11 is 0. The third kappa shape index (κ3) is 3.14. The first kappa shape index (κ1) is 9.56. The van der Waals surface area contributed by atoms with E-state index in [9.17, 15) is 0 Å². The van der Waals surface area contributed by atoms with E-state index in [2.05, 4.69) is 6.07 Å². The Bertz CT molecular complexity index is 300. The first-order chi connectivity index (χ1) is 6.22. The largest absolute Gasteiger partial charge is 0.508 e. The van der Waals surface area contributed by atoms with Crippen LogP contribution in [0.2, 0.25) is 0 Å². The summed E-state index contributed by atoms with van der Waals surface area (Å²) in [5, 5.41) is 17.5. The van der Waals surface area contributed by atoms with Gasteiger partial charge in [-0.05, 0) is 24.7 Å². The van der Waals surface area contributed by atoms with Crippen molar-refractivity contribution in [2.24, 2.45) is 0 Å². The fourth-order valence-corrected chi connectivity index (χ4v) is 1.09. The van der Waals surface area contributed by atoms with Gasteiger partial charge < -0.3 is 5.11 Å². The summed E-state index contributed by atoms with van der Waals surface area (Å²) in [4.78, 5) is 1.91. The van der Waals surface area contributed by atoms with E-state index in [4.69, 9.17) is 10.4 Å². The quantitative estimate of drug-likeness (QED) is 0.707. The highest BCUT2D eigenvalue weighted by Gasteiger charge is 1.98. The minimum atomic E-state index is 0.270. The van der Waals surface area contributed by atoms with Crippen molar-refractivity contribution in [1.29, 1.82) is 5.26 Å². The second kappa shape index (κ2) is 4.48. The molecular formula is C10H12N2O. The van der Waals surface area contributed by atoms with Crippen molar-refractivity contribution >= 4 is 0 Å². The summed E-state index contributed by atoms with van der Waals surface area (Å²) in [6.07, 6.45) is 0. The van der Waals surface area contributed by atoms with Crippen LogP contribution in [0.5, 0.6) is 5.75 Å². The van der Waals surface area contributed by atoms with Crippen LogP contribution in [0.1, 0.15) is 5.56 Å². The molecule has 0 aliphatic carbocycles. The molecule has 0 radical (unpaired) electrons. The van der Waals surface area contributed by atoms with Gasteiger partial charge in [0.1, 0.15) is 5.75 Å². The molecule has 1 aromatic carbocycles. The van der Waals surface area contributed by atoms with Crippen LogP contribution in [0.25, 0.3) is 0 Å². The molecule has 0 bridgehead atoms. The maximum atomic E-state index is 9.03. The number of nitrogens with zero attached hydrogens (tertiary/aromatic N) is 2. The zero-order valence-electron chi connectivity index (χ0n) is 7.57. The number of phenols is 1. The highest BCUT2D eigenvalue weighted by Crippen LogP contribution is 2.10. The van der Waals surface area contributed by atoms with Crippen LogP contribution in [-0.2, 0) is 6.54 Å².